The number of rotatable bonds is 0. The summed E-state index contributed by atoms with van der Waals surface area (Å²) in [5.74, 6) is 0. The van der Waals surface area contributed by atoms with E-state index >= 15 is 0 Å². The number of hydrogen-bond acceptors (Lipinski definition) is 2. The highest BCUT2D eigenvalue weighted by Crippen LogP contribution is 2.37. The Balaban J connectivity index is 1.98. The Bertz CT molecular complexity index is 455. The van der Waals surface area contributed by atoms with Gasteiger partial charge in [-0.05, 0) is 36.5 Å². The second kappa shape index (κ2) is 3.59. The first-order valence-electron chi connectivity index (χ1n) is 5.70. The van der Waals surface area contributed by atoms with Gasteiger partial charge in [0.1, 0.15) is 0 Å². The highest BCUT2D eigenvalue weighted by atomic mass is 79.9. The van der Waals surface area contributed by atoms with E-state index < -0.39 is 0 Å². The second-order valence-electron chi connectivity index (χ2n) is 4.85. The first-order chi connectivity index (χ1) is 7.71. The van der Waals surface area contributed by atoms with Crippen LogP contribution in [0.5, 0.6) is 0 Å². The van der Waals surface area contributed by atoms with Crippen LogP contribution in [0, 0.1) is 0 Å². The maximum atomic E-state index is 4.43. The van der Waals surface area contributed by atoms with Gasteiger partial charge in [-0.1, -0.05) is 28.1 Å². The molecule has 0 saturated carbocycles. The molecule has 1 aliphatic carbocycles. The summed E-state index contributed by atoms with van der Waals surface area (Å²) in [6.07, 6.45) is 5.48. The smallest absolute Gasteiger partial charge is 0.0853 e. The molecule has 3 rings (SSSR count). The van der Waals surface area contributed by atoms with Crippen LogP contribution < -0.4 is 0 Å². The van der Waals surface area contributed by atoms with Crippen molar-refractivity contribution in [3.63, 3.8) is 0 Å². The topological polar surface area (TPSA) is 15.6 Å². The number of nitrogens with zero attached hydrogens (tertiary/aromatic N) is 2. The van der Waals surface area contributed by atoms with Gasteiger partial charge in [0.2, 0.25) is 0 Å². The number of hydrogen-bond donors (Lipinski definition) is 0. The quantitative estimate of drug-likeness (QED) is 0.713. The van der Waals surface area contributed by atoms with Crippen LogP contribution in [0.3, 0.4) is 0 Å². The third-order valence-electron chi connectivity index (χ3n) is 3.96. The van der Waals surface area contributed by atoms with Gasteiger partial charge in [0, 0.05) is 11.5 Å². The molecule has 1 atom stereocenters. The predicted octanol–water partition coefficient (Wildman–Crippen LogP) is 2.65. The van der Waals surface area contributed by atoms with Crippen molar-refractivity contribution in [3.8, 4) is 0 Å². The SMILES string of the molecule is CN1C=NCC12CCc1c(Br)cccc1C2. The number of likely N-dealkylation sites (N-methyl/N-ethyl adjacent to an activating group) is 1. The minimum absolute atomic E-state index is 0.258. The molecule has 1 aliphatic heterocycles. The Labute approximate surface area is 104 Å². The molecule has 1 spiro atoms. The number of benzene rings is 1. The van der Waals surface area contributed by atoms with E-state index in [2.05, 4.69) is 51.1 Å². The largest absolute Gasteiger partial charge is 0.358 e. The molecule has 1 heterocycles. The van der Waals surface area contributed by atoms with Crippen molar-refractivity contribution in [1.29, 1.82) is 0 Å². The van der Waals surface area contributed by atoms with Gasteiger partial charge in [0.05, 0.1) is 18.4 Å². The number of aliphatic imine (C=N–C) groups is 1. The summed E-state index contributed by atoms with van der Waals surface area (Å²) >= 11 is 3.65. The molecule has 16 heavy (non-hydrogen) atoms. The lowest BCUT2D eigenvalue weighted by molar-refractivity contribution is 0.213. The summed E-state index contributed by atoms with van der Waals surface area (Å²) in [5, 5.41) is 0. The molecule has 0 N–H and O–H groups in total. The molecule has 84 valence electrons. The van der Waals surface area contributed by atoms with Crippen LogP contribution >= 0.6 is 15.9 Å². The van der Waals surface area contributed by atoms with E-state index in [0.717, 1.165) is 19.4 Å². The van der Waals surface area contributed by atoms with Crippen LogP contribution in [0.2, 0.25) is 0 Å². The van der Waals surface area contributed by atoms with Crippen LogP contribution in [0.15, 0.2) is 27.7 Å². The summed E-state index contributed by atoms with van der Waals surface area (Å²) < 4.78 is 1.27. The summed E-state index contributed by atoms with van der Waals surface area (Å²) in [5.41, 5.74) is 3.24. The lowest BCUT2D eigenvalue weighted by Gasteiger charge is -2.40. The molecule has 3 heteroatoms. The molecule has 2 aliphatic rings. The van der Waals surface area contributed by atoms with Gasteiger partial charge in [-0.15, -0.1) is 0 Å². The Morgan fingerprint density at radius 2 is 2.31 bits per heavy atom. The van der Waals surface area contributed by atoms with Crippen molar-refractivity contribution in [3.05, 3.63) is 33.8 Å². The molecule has 0 saturated heterocycles. The summed E-state index contributed by atoms with van der Waals surface area (Å²) in [6, 6.07) is 6.54. The fourth-order valence-corrected chi connectivity index (χ4v) is 3.46. The van der Waals surface area contributed by atoms with Crippen molar-refractivity contribution in [2.24, 2.45) is 4.99 Å². The van der Waals surface area contributed by atoms with Gasteiger partial charge in [-0.3, -0.25) is 4.99 Å². The molecule has 0 amide bonds. The molecule has 1 aromatic rings. The van der Waals surface area contributed by atoms with Crippen molar-refractivity contribution >= 4 is 22.3 Å². The van der Waals surface area contributed by atoms with E-state index in [1.54, 1.807) is 0 Å². The summed E-state index contributed by atoms with van der Waals surface area (Å²) in [4.78, 5) is 6.73. The highest BCUT2D eigenvalue weighted by molar-refractivity contribution is 9.10. The normalized spacial score (nSPS) is 27.5. The van der Waals surface area contributed by atoms with E-state index in [-0.39, 0.29) is 5.54 Å². The van der Waals surface area contributed by atoms with Crippen molar-refractivity contribution in [1.82, 2.24) is 4.90 Å². The van der Waals surface area contributed by atoms with E-state index in [1.807, 2.05) is 6.34 Å². The fraction of sp³-hybridized carbons (Fsp3) is 0.462. The maximum Gasteiger partial charge on any atom is 0.0853 e. The predicted molar refractivity (Wildman–Crippen MR) is 70.0 cm³/mol. The molecular weight excluding hydrogens is 264 g/mol. The van der Waals surface area contributed by atoms with E-state index in [9.17, 15) is 0 Å². The van der Waals surface area contributed by atoms with Crippen LogP contribution in [0.4, 0.5) is 0 Å². The molecule has 1 aromatic carbocycles. The second-order valence-corrected chi connectivity index (χ2v) is 5.70. The standard InChI is InChI=1S/C13H15BrN2/c1-16-9-15-8-13(16)6-5-11-10(7-13)3-2-4-12(11)14/h2-4,9H,5-8H2,1H3. The zero-order valence-electron chi connectivity index (χ0n) is 9.41. The van der Waals surface area contributed by atoms with Gasteiger partial charge in [0.25, 0.3) is 0 Å². The fourth-order valence-electron chi connectivity index (χ4n) is 2.85. The van der Waals surface area contributed by atoms with Gasteiger partial charge in [-0.2, -0.15) is 0 Å². The van der Waals surface area contributed by atoms with Crippen LogP contribution in [-0.4, -0.2) is 30.4 Å². The Morgan fingerprint density at radius 3 is 3.06 bits per heavy atom. The van der Waals surface area contributed by atoms with Crippen LogP contribution in [0.25, 0.3) is 0 Å². The average Bonchev–Trinajstić information content (AvgIpc) is 2.60. The Morgan fingerprint density at radius 1 is 1.44 bits per heavy atom. The van der Waals surface area contributed by atoms with E-state index in [0.29, 0.717) is 0 Å². The third-order valence-corrected chi connectivity index (χ3v) is 4.71. The van der Waals surface area contributed by atoms with Crippen molar-refractivity contribution in [2.45, 2.75) is 24.8 Å². The Hall–Kier alpha value is -0.830. The first-order valence-corrected chi connectivity index (χ1v) is 6.50. The molecule has 2 nitrogen and oxygen atoms in total. The highest BCUT2D eigenvalue weighted by Gasteiger charge is 2.39. The van der Waals surface area contributed by atoms with Gasteiger partial charge in [-0.25, -0.2) is 0 Å². The van der Waals surface area contributed by atoms with Gasteiger partial charge in [0.15, 0.2) is 0 Å². The molecule has 1 unspecified atom stereocenters. The van der Waals surface area contributed by atoms with E-state index in [1.165, 1.54) is 22.0 Å². The minimum atomic E-state index is 0.258. The zero-order valence-corrected chi connectivity index (χ0v) is 11.0. The van der Waals surface area contributed by atoms with Gasteiger partial charge < -0.3 is 4.90 Å². The summed E-state index contributed by atoms with van der Waals surface area (Å²) in [6.45, 7) is 0.954. The lowest BCUT2D eigenvalue weighted by atomic mass is 9.77. The van der Waals surface area contributed by atoms with Crippen molar-refractivity contribution in [2.75, 3.05) is 13.6 Å². The van der Waals surface area contributed by atoms with Crippen LogP contribution in [0.1, 0.15) is 17.5 Å². The van der Waals surface area contributed by atoms with Crippen LogP contribution in [-0.2, 0) is 12.8 Å². The number of fused-ring (bicyclic) bond motifs is 1. The minimum Gasteiger partial charge on any atom is -0.358 e. The molecule has 0 aromatic heterocycles. The monoisotopic (exact) mass is 278 g/mol. The maximum absolute atomic E-state index is 4.43. The average molecular weight is 279 g/mol. The number of halogens is 1. The first kappa shape index (κ1) is 10.3. The molecule has 0 fully saturated rings. The Kier molecular flexibility index (Phi) is 2.32. The van der Waals surface area contributed by atoms with Gasteiger partial charge >= 0.3 is 0 Å². The molecule has 0 bridgehead atoms. The van der Waals surface area contributed by atoms with Crippen molar-refractivity contribution < 1.29 is 0 Å². The zero-order chi connectivity index (χ0) is 11.2. The molecular formula is C13H15BrN2. The molecule has 0 radical (unpaired) electrons. The third kappa shape index (κ3) is 1.41. The van der Waals surface area contributed by atoms with E-state index in [4.69, 9.17) is 0 Å². The lowest BCUT2D eigenvalue weighted by Crippen LogP contribution is -2.48. The summed E-state index contributed by atoms with van der Waals surface area (Å²) in [7, 11) is 2.15.